The third-order valence-electron chi connectivity index (χ3n) is 5.22. The van der Waals surface area contributed by atoms with E-state index in [0.717, 1.165) is 44.8 Å². The predicted molar refractivity (Wildman–Crippen MR) is 119 cm³/mol. The number of benzene rings is 1. The van der Waals surface area contributed by atoms with E-state index in [1.54, 1.807) is 12.3 Å². The number of hydrogen-bond acceptors (Lipinski definition) is 6. The molecule has 1 amide bonds. The van der Waals surface area contributed by atoms with Gasteiger partial charge < -0.3 is 15.1 Å². The van der Waals surface area contributed by atoms with Crippen LogP contribution in [0.3, 0.4) is 0 Å². The molecule has 160 valence electrons. The fraction of sp³-hybridized carbons (Fsp3) is 0.400. The van der Waals surface area contributed by atoms with Gasteiger partial charge in [-0.05, 0) is 66.2 Å². The molecule has 10 heteroatoms. The van der Waals surface area contributed by atoms with Crippen LogP contribution in [0.25, 0.3) is 0 Å². The van der Waals surface area contributed by atoms with Gasteiger partial charge in [0.2, 0.25) is 10.0 Å². The van der Waals surface area contributed by atoms with Crippen LogP contribution < -0.4 is 14.9 Å². The van der Waals surface area contributed by atoms with Gasteiger partial charge in [0, 0.05) is 36.7 Å². The standard InChI is InChI=1S/C20H24BrN5O3S/c1-25-8-10-26(11-9-25)19-7-4-15(13-22-19)23-20(27)17-12-16(5-6-18(17)21)30(28,29)24-14-2-3-14/h4-7,12-14,24H,2-3,8-11H2,1H3,(H,23,27). The van der Waals surface area contributed by atoms with Crippen molar-refractivity contribution in [2.45, 2.75) is 23.8 Å². The molecule has 2 heterocycles. The Bertz CT molecular complexity index is 1030. The molecule has 1 saturated heterocycles. The molecule has 0 unspecified atom stereocenters. The topological polar surface area (TPSA) is 94.6 Å². The minimum Gasteiger partial charge on any atom is -0.354 e. The zero-order chi connectivity index (χ0) is 21.3. The van der Waals surface area contributed by atoms with Crippen LogP contribution in [0.2, 0.25) is 0 Å². The molecule has 8 nitrogen and oxygen atoms in total. The van der Waals surface area contributed by atoms with Crippen molar-refractivity contribution >= 4 is 43.4 Å². The summed E-state index contributed by atoms with van der Waals surface area (Å²) >= 11 is 3.34. The number of halogens is 1. The maximum absolute atomic E-state index is 12.8. The second-order valence-electron chi connectivity index (χ2n) is 7.69. The van der Waals surface area contributed by atoms with Gasteiger partial charge in [0.1, 0.15) is 5.82 Å². The van der Waals surface area contributed by atoms with Crippen LogP contribution >= 0.6 is 15.9 Å². The van der Waals surface area contributed by atoms with Crippen LogP contribution in [0.4, 0.5) is 11.5 Å². The molecule has 2 aromatic rings. The molecule has 1 aliphatic heterocycles. The van der Waals surface area contributed by atoms with Crippen molar-refractivity contribution < 1.29 is 13.2 Å². The van der Waals surface area contributed by atoms with Crippen LogP contribution in [0.5, 0.6) is 0 Å². The van der Waals surface area contributed by atoms with Crippen molar-refractivity contribution in [2.75, 3.05) is 43.4 Å². The molecule has 4 rings (SSSR count). The van der Waals surface area contributed by atoms with Gasteiger partial charge >= 0.3 is 0 Å². The van der Waals surface area contributed by atoms with Crippen molar-refractivity contribution in [3.05, 3.63) is 46.6 Å². The summed E-state index contributed by atoms with van der Waals surface area (Å²) in [5.41, 5.74) is 0.797. The molecule has 0 spiro atoms. The molecule has 1 saturated carbocycles. The second kappa shape index (κ2) is 8.62. The predicted octanol–water partition coefficient (Wildman–Crippen LogP) is 2.29. The van der Waals surface area contributed by atoms with Gasteiger partial charge in [-0.2, -0.15) is 0 Å². The summed E-state index contributed by atoms with van der Waals surface area (Å²) in [6.07, 6.45) is 3.31. The number of sulfonamides is 1. The summed E-state index contributed by atoms with van der Waals surface area (Å²) < 4.78 is 28.1. The zero-order valence-electron chi connectivity index (χ0n) is 16.6. The molecule has 2 N–H and O–H groups in total. The summed E-state index contributed by atoms with van der Waals surface area (Å²) in [4.78, 5) is 21.8. The molecular formula is C20H24BrN5O3S. The maximum atomic E-state index is 12.8. The summed E-state index contributed by atoms with van der Waals surface area (Å²) in [6.45, 7) is 3.81. The number of amides is 1. The lowest BCUT2D eigenvalue weighted by Crippen LogP contribution is -2.44. The summed E-state index contributed by atoms with van der Waals surface area (Å²) in [7, 11) is -1.54. The Hall–Kier alpha value is -2.01. The Morgan fingerprint density at radius 1 is 1.13 bits per heavy atom. The Balaban J connectivity index is 1.46. The quantitative estimate of drug-likeness (QED) is 0.640. The fourth-order valence-electron chi connectivity index (χ4n) is 3.22. The summed E-state index contributed by atoms with van der Waals surface area (Å²) in [5, 5.41) is 2.79. The molecule has 1 aromatic heterocycles. The number of nitrogens with zero attached hydrogens (tertiary/aromatic N) is 3. The van der Waals surface area contributed by atoms with Crippen molar-refractivity contribution in [2.24, 2.45) is 0 Å². The SMILES string of the molecule is CN1CCN(c2ccc(NC(=O)c3cc(S(=O)(=O)NC4CC4)ccc3Br)cn2)CC1. The highest BCUT2D eigenvalue weighted by atomic mass is 79.9. The first kappa shape index (κ1) is 21.2. The Morgan fingerprint density at radius 3 is 2.50 bits per heavy atom. The zero-order valence-corrected chi connectivity index (χ0v) is 19.0. The van der Waals surface area contributed by atoms with E-state index in [1.165, 1.54) is 12.1 Å². The lowest BCUT2D eigenvalue weighted by molar-refractivity contribution is 0.102. The van der Waals surface area contributed by atoms with Crippen molar-refractivity contribution in [1.82, 2.24) is 14.6 Å². The highest BCUT2D eigenvalue weighted by Gasteiger charge is 2.28. The van der Waals surface area contributed by atoms with E-state index in [2.05, 4.69) is 47.8 Å². The van der Waals surface area contributed by atoms with E-state index >= 15 is 0 Å². The van der Waals surface area contributed by atoms with E-state index in [0.29, 0.717) is 10.2 Å². The normalized spacial score (nSPS) is 17.7. The van der Waals surface area contributed by atoms with Gasteiger partial charge in [-0.1, -0.05) is 0 Å². The van der Waals surface area contributed by atoms with Gasteiger partial charge in [0.05, 0.1) is 22.3 Å². The van der Waals surface area contributed by atoms with Crippen LogP contribution in [0.15, 0.2) is 45.9 Å². The lowest BCUT2D eigenvalue weighted by Gasteiger charge is -2.33. The van der Waals surface area contributed by atoms with E-state index in [4.69, 9.17) is 0 Å². The van der Waals surface area contributed by atoms with Gasteiger partial charge in [-0.25, -0.2) is 18.1 Å². The number of piperazine rings is 1. The number of carbonyl (C=O) groups excluding carboxylic acids is 1. The number of hydrogen-bond donors (Lipinski definition) is 2. The smallest absolute Gasteiger partial charge is 0.256 e. The van der Waals surface area contributed by atoms with Crippen molar-refractivity contribution in [1.29, 1.82) is 0 Å². The molecule has 2 fully saturated rings. The van der Waals surface area contributed by atoms with Gasteiger partial charge in [0.15, 0.2) is 0 Å². The Labute approximate surface area is 184 Å². The van der Waals surface area contributed by atoms with Crippen LogP contribution in [-0.4, -0.2) is 63.5 Å². The van der Waals surface area contributed by atoms with E-state index in [1.807, 2.05) is 12.1 Å². The largest absolute Gasteiger partial charge is 0.354 e. The van der Waals surface area contributed by atoms with Gasteiger partial charge in [-0.15, -0.1) is 0 Å². The highest BCUT2D eigenvalue weighted by molar-refractivity contribution is 9.10. The molecule has 2 aliphatic rings. The minimum absolute atomic E-state index is 0.000755. The minimum atomic E-state index is -3.64. The fourth-order valence-corrected chi connectivity index (χ4v) is 4.97. The van der Waals surface area contributed by atoms with Crippen molar-refractivity contribution in [3.8, 4) is 0 Å². The average molecular weight is 494 g/mol. The molecule has 0 radical (unpaired) electrons. The number of carbonyl (C=O) groups is 1. The lowest BCUT2D eigenvalue weighted by atomic mass is 10.2. The van der Waals surface area contributed by atoms with Crippen LogP contribution in [-0.2, 0) is 10.0 Å². The number of rotatable bonds is 6. The number of aromatic nitrogens is 1. The third kappa shape index (κ3) is 5.00. The van der Waals surface area contributed by atoms with Crippen LogP contribution in [0, 0.1) is 0 Å². The van der Waals surface area contributed by atoms with Gasteiger partial charge in [-0.3, -0.25) is 4.79 Å². The number of pyridine rings is 1. The summed E-state index contributed by atoms with van der Waals surface area (Å²) in [5.74, 6) is 0.473. The number of likely N-dealkylation sites (N-methyl/N-ethyl adjacent to an activating group) is 1. The molecule has 1 aromatic carbocycles. The molecule has 1 aliphatic carbocycles. The van der Waals surface area contributed by atoms with Gasteiger partial charge in [0.25, 0.3) is 5.91 Å². The first-order valence-corrected chi connectivity index (χ1v) is 12.1. The first-order valence-electron chi connectivity index (χ1n) is 9.84. The molecular weight excluding hydrogens is 470 g/mol. The van der Waals surface area contributed by atoms with E-state index < -0.39 is 15.9 Å². The number of anilines is 2. The second-order valence-corrected chi connectivity index (χ2v) is 10.3. The Morgan fingerprint density at radius 2 is 1.87 bits per heavy atom. The highest BCUT2D eigenvalue weighted by Crippen LogP contribution is 2.26. The maximum Gasteiger partial charge on any atom is 0.256 e. The first-order chi connectivity index (χ1) is 14.3. The molecule has 30 heavy (non-hydrogen) atoms. The van der Waals surface area contributed by atoms with Crippen molar-refractivity contribution in [3.63, 3.8) is 0 Å². The Kier molecular flexibility index (Phi) is 6.10. The van der Waals surface area contributed by atoms with Crippen LogP contribution in [0.1, 0.15) is 23.2 Å². The average Bonchev–Trinajstić information content (AvgIpc) is 3.52. The molecule has 0 bridgehead atoms. The number of nitrogens with one attached hydrogen (secondary N) is 2. The van der Waals surface area contributed by atoms with E-state index in [9.17, 15) is 13.2 Å². The molecule has 0 atom stereocenters. The third-order valence-corrected chi connectivity index (χ3v) is 7.43. The van der Waals surface area contributed by atoms with E-state index in [-0.39, 0.29) is 16.5 Å². The summed E-state index contributed by atoms with van der Waals surface area (Å²) in [6, 6.07) is 8.14. The monoisotopic (exact) mass is 493 g/mol.